The van der Waals surface area contributed by atoms with Crippen LogP contribution >= 0.6 is 0 Å². The minimum absolute atomic E-state index is 0.222. The van der Waals surface area contributed by atoms with Gasteiger partial charge in [-0.1, -0.05) is 26.7 Å². The molecule has 0 fully saturated rings. The number of likely N-dealkylation sites (N-methyl/N-ethyl adjacent to an activating group) is 1. The third-order valence-corrected chi connectivity index (χ3v) is 2.76. The van der Waals surface area contributed by atoms with E-state index < -0.39 is 5.97 Å². The third kappa shape index (κ3) is 5.61. The number of unbranched alkanes of at least 4 members (excludes halogenated alkanes) is 1. The van der Waals surface area contributed by atoms with Crippen LogP contribution in [0.4, 0.5) is 0 Å². The molecule has 18 heavy (non-hydrogen) atoms. The summed E-state index contributed by atoms with van der Waals surface area (Å²) in [6.07, 6.45) is 6.03. The molecule has 2 amide bonds. The van der Waals surface area contributed by atoms with Gasteiger partial charge in [-0.3, -0.25) is 14.5 Å². The standard InChI is InChI=1S/C8H16O2.C5H5NO2/c1-3-5-6-7(4-2)8(9)10;1-6-4(7)2-3-5(6)8/h7H,3-6H2,1-2H3,(H,9,10);2-3H,1H3/p-1. The Morgan fingerprint density at radius 1 is 1.28 bits per heavy atom. The molecule has 1 unspecified atom stereocenters. The highest BCUT2D eigenvalue weighted by Crippen LogP contribution is 2.10. The Labute approximate surface area is 107 Å². The summed E-state index contributed by atoms with van der Waals surface area (Å²) >= 11 is 0. The average Bonchev–Trinajstić information content (AvgIpc) is 2.62. The molecule has 0 aromatic rings. The van der Waals surface area contributed by atoms with Crippen LogP contribution in [0.1, 0.15) is 39.5 Å². The fourth-order valence-corrected chi connectivity index (χ4v) is 1.41. The van der Waals surface area contributed by atoms with Crippen LogP contribution in [0, 0.1) is 5.92 Å². The molecule has 5 nitrogen and oxygen atoms in total. The van der Waals surface area contributed by atoms with E-state index in [1.54, 1.807) is 0 Å². The maximum atomic E-state index is 10.4. The van der Waals surface area contributed by atoms with E-state index in [1.165, 1.54) is 19.2 Å². The Bertz CT molecular complexity index is 318. The van der Waals surface area contributed by atoms with Crippen LogP contribution in [0.2, 0.25) is 0 Å². The van der Waals surface area contributed by atoms with Gasteiger partial charge in [-0.25, -0.2) is 0 Å². The maximum Gasteiger partial charge on any atom is 0.253 e. The van der Waals surface area contributed by atoms with Crippen LogP contribution in [-0.2, 0) is 14.4 Å². The second-order valence-corrected chi connectivity index (χ2v) is 4.14. The summed E-state index contributed by atoms with van der Waals surface area (Å²) in [7, 11) is 1.45. The lowest BCUT2D eigenvalue weighted by Gasteiger charge is -2.14. The zero-order chi connectivity index (χ0) is 14.1. The number of rotatable bonds is 5. The number of carbonyl (C=O) groups excluding carboxylic acids is 3. The minimum atomic E-state index is -0.893. The van der Waals surface area contributed by atoms with E-state index >= 15 is 0 Å². The van der Waals surface area contributed by atoms with E-state index in [4.69, 9.17) is 0 Å². The van der Waals surface area contributed by atoms with Crippen molar-refractivity contribution in [2.24, 2.45) is 5.92 Å². The van der Waals surface area contributed by atoms with Crippen molar-refractivity contribution < 1.29 is 19.5 Å². The molecule has 0 radical (unpaired) electrons. The van der Waals surface area contributed by atoms with Gasteiger partial charge in [-0.15, -0.1) is 0 Å². The predicted molar refractivity (Wildman–Crippen MR) is 65.2 cm³/mol. The van der Waals surface area contributed by atoms with Gasteiger partial charge in [-0.2, -0.15) is 0 Å². The van der Waals surface area contributed by atoms with E-state index in [0.29, 0.717) is 6.42 Å². The van der Waals surface area contributed by atoms with Crippen molar-refractivity contribution in [1.82, 2.24) is 4.90 Å². The van der Waals surface area contributed by atoms with Crippen molar-refractivity contribution in [1.29, 1.82) is 0 Å². The summed E-state index contributed by atoms with van der Waals surface area (Å²) < 4.78 is 0. The molecule has 0 saturated heterocycles. The summed E-state index contributed by atoms with van der Waals surface area (Å²) in [4.78, 5) is 32.2. The fraction of sp³-hybridized carbons (Fsp3) is 0.615. The highest BCUT2D eigenvalue weighted by atomic mass is 16.4. The molecule has 1 rings (SSSR count). The monoisotopic (exact) mass is 254 g/mol. The Kier molecular flexibility index (Phi) is 7.67. The van der Waals surface area contributed by atoms with Gasteiger partial charge in [0.15, 0.2) is 0 Å². The number of hydrogen-bond acceptors (Lipinski definition) is 4. The zero-order valence-electron chi connectivity index (χ0n) is 11.1. The van der Waals surface area contributed by atoms with Crippen LogP contribution < -0.4 is 5.11 Å². The first kappa shape index (κ1) is 16.4. The topological polar surface area (TPSA) is 77.5 Å². The maximum absolute atomic E-state index is 10.4. The summed E-state index contributed by atoms with van der Waals surface area (Å²) in [5, 5.41) is 10.3. The first-order valence-electron chi connectivity index (χ1n) is 6.14. The summed E-state index contributed by atoms with van der Waals surface area (Å²) in [5.74, 6) is -1.60. The average molecular weight is 254 g/mol. The second kappa shape index (κ2) is 8.44. The normalized spacial score (nSPS) is 15.4. The number of carboxylic acids is 1. The predicted octanol–water partition coefficient (Wildman–Crippen LogP) is 0.494. The molecule has 0 bridgehead atoms. The van der Waals surface area contributed by atoms with Gasteiger partial charge in [0, 0.05) is 25.2 Å². The van der Waals surface area contributed by atoms with Crippen molar-refractivity contribution in [3.63, 3.8) is 0 Å². The lowest BCUT2D eigenvalue weighted by molar-refractivity contribution is -0.311. The summed E-state index contributed by atoms with van der Waals surface area (Å²) in [6, 6.07) is 0. The molecule has 1 aliphatic heterocycles. The molecule has 102 valence electrons. The van der Waals surface area contributed by atoms with E-state index in [-0.39, 0.29) is 17.7 Å². The van der Waals surface area contributed by atoms with Crippen molar-refractivity contribution in [2.45, 2.75) is 39.5 Å². The summed E-state index contributed by atoms with van der Waals surface area (Å²) in [5.41, 5.74) is 0. The highest BCUT2D eigenvalue weighted by molar-refractivity contribution is 6.12. The summed E-state index contributed by atoms with van der Waals surface area (Å²) in [6.45, 7) is 3.94. The Morgan fingerprint density at radius 2 is 1.78 bits per heavy atom. The minimum Gasteiger partial charge on any atom is -0.550 e. The number of nitrogens with zero attached hydrogens (tertiary/aromatic N) is 1. The van der Waals surface area contributed by atoms with Crippen molar-refractivity contribution in [2.75, 3.05) is 7.05 Å². The van der Waals surface area contributed by atoms with Crippen LogP contribution in [-0.4, -0.2) is 29.7 Å². The Hall–Kier alpha value is -1.65. The van der Waals surface area contributed by atoms with E-state index in [9.17, 15) is 19.5 Å². The lowest BCUT2D eigenvalue weighted by Crippen LogP contribution is -2.30. The molecule has 0 N–H and O–H groups in total. The van der Waals surface area contributed by atoms with Gasteiger partial charge in [-0.05, 0) is 18.8 Å². The van der Waals surface area contributed by atoms with E-state index in [1.807, 2.05) is 6.92 Å². The van der Waals surface area contributed by atoms with Crippen LogP contribution in [0.15, 0.2) is 12.2 Å². The van der Waals surface area contributed by atoms with E-state index in [2.05, 4.69) is 6.92 Å². The number of carbonyl (C=O) groups is 3. The SMILES string of the molecule is CCCCC(CC)C(=O)[O-].CN1C(=O)C=CC1=O. The smallest absolute Gasteiger partial charge is 0.253 e. The van der Waals surface area contributed by atoms with Crippen molar-refractivity contribution in [3.05, 3.63) is 12.2 Å². The molecule has 0 aromatic heterocycles. The number of imide groups is 1. The van der Waals surface area contributed by atoms with Gasteiger partial charge in [0.25, 0.3) is 11.8 Å². The highest BCUT2D eigenvalue weighted by Gasteiger charge is 2.17. The molecule has 0 aliphatic carbocycles. The third-order valence-electron chi connectivity index (χ3n) is 2.76. The van der Waals surface area contributed by atoms with E-state index in [0.717, 1.165) is 24.2 Å². The van der Waals surface area contributed by atoms with Crippen molar-refractivity contribution >= 4 is 17.8 Å². The molecular weight excluding hydrogens is 234 g/mol. The van der Waals surface area contributed by atoms with Gasteiger partial charge < -0.3 is 9.90 Å². The lowest BCUT2D eigenvalue weighted by atomic mass is 10.00. The first-order chi connectivity index (χ1) is 8.43. The van der Waals surface area contributed by atoms with Crippen LogP contribution in [0.25, 0.3) is 0 Å². The first-order valence-corrected chi connectivity index (χ1v) is 6.14. The molecular formula is C13H20NO4-. The van der Waals surface area contributed by atoms with Gasteiger partial charge in [0.1, 0.15) is 0 Å². The largest absolute Gasteiger partial charge is 0.550 e. The van der Waals surface area contributed by atoms with Gasteiger partial charge >= 0.3 is 0 Å². The molecule has 1 aliphatic rings. The molecule has 1 atom stereocenters. The Balaban J connectivity index is 0.000000327. The van der Waals surface area contributed by atoms with Gasteiger partial charge in [0.2, 0.25) is 0 Å². The zero-order valence-corrected chi connectivity index (χ0v) is 11.1. The number of aliphatic carboxylic acids is 1. The molecule has 1 heterocycles. The van der Waals surface area contributed by atoms with Crippen LogP contribution in [0.5, 0.6) is 0 Å². The fourth-order valence-electron chi connectivity index (χ4n) is 1.41. The van der Waals surface area contributed by atoms with Gasteiger partial charge in [0.05, 0.1) is 0 Å². The molecule has 0 spiro atoms. The second-order valence-electron chi connectivity index (χ2n) is 4.14. The molecule has 0 saturated carbocycles. The number of hydrogen-bond donors (Lipinski definition) is 0. The number of carboxylic acid groups (broad SMARTS) is 1. The molecule has 5 heteroatoms. The number of amides is 2. The van der Waals surface area contributed by atoms with Crippen molar-refractivity contribution in [3.8, 4) is 0 Å². The van der Waals surface area contributed by atoms with Crippen LogP contribution in [0.3, 0.4) is 0 Å². The quantitative estimate of drug-likeness (QED) is 0.669. The molecule has 0 aromatic carbocycles. The Morgan fingerprint density at radius 3 is 2.00 bits per heavy atom.